The van der Waals surface area contributed by atoms with E-state index in [1.165, 1.54) is 11.4 Å². The molecule has 118 valence electrons. The minimum Gasteiger partial charge on any atom is -0.314 e. The molecular formula is C17H30N4. The number of rotatable bonds is 6. The smallest absolute Gasteiger partial charge is 0.145 e. The second-order valence-electron chi connectivity index (χ2n) is 6.26. The molecule has 2 rings (SSSR count). The van der Waals surface area contributed by atoms with E-state index in [0.29, 0.717) is 12.0 Å². The highest BCUT2D eigenvalue weighted by Crippen LogP contribution is 2.24. The lowest BCUT2D eigenvalue weighted by Crippen LogP contribution is -2.45. The van der Waals surface area contributed by atoms with Crippen molar-refractivity contribution < 1.29 is 0 Å². The molecule has 1 aromatic heterocycles. The van der Waals surface area contributed by atoms with Crippen LogP contribution < -0.4 is 5.32 Å². The average molecular weight is 290 g/mol. The van der Waals surface area contributed by atoms with E-state index in [1.807, 2.05) is 0 Å². The molecular weight excluding hydrogens is 260 g/mol. The van der Waals surface area contributed by atoms with Gasteiger partial charge in [0.05, 0.1) is 6.04 Å². The lowest BCUT2D eigenvalue weighted by molar-refractivity contribution is 0.162. The third kappa shape index (κ3) is 4.24. The van der Waals surface area contributed by atoms with Crippen LogP contribution in [0.25, 0.3) is 0 Å². The lowest BCUT2D eigenvalue weighted by atomic mass is 10.1. The van der Waals surface area contributed by atoms with Gasteiger partial charge in [-0.25, -0.2) is 9.97 Å². The van der Waals surface area contributed by atoms with Gasteiger partial charge >= 0.3 is 0 Å². The predicted octanol–water partition coefficient (Wildman–Crippen LogP) is 2.91. The molecule has 0 amide bonds. The summed E-state index contributed by atoms with van der Waals surface area (Å²) in [6.07, 6.45) is 3.26. The number of nitrogens with one attached hydrogen (secondary N) is 1. The summed E-state index contributed by atoms with van der Waals surface area (Å²) in [7, 11) is 0. The van der Waals surface area contributed by atoms with Crippen LogP contribution in [-0.2, 0) is 6.42 Å². The molecule has 0 aliphatic carbocycles. The topological polar surface area (TPSA) is 41.1 Å². The number of nitrogens with zero attached hydrogens (tertiary/aromatic N) is 3. The molecule has 1 fully saturated rings. The molecule has 2 heterocycles. The Morgan fingerprint density at radius 2 is 1.90 bits per heavy atom. The van der Waals surface area contributed by atoms with Crippen LogP contribution in [-0.4, -0.2) is 41.0 Å². The quantitative estimate of drug-likeness (QED) is 0.874. The third-order valence-electron chi connectivity index (χ3n) is 4.19. The van der Waals surface area contributed by atoms with Gasteiger partial charge in [-0.15, -0.1) is 0 Å². The lowest BCUT2D eigenvalue weighted by Gasteiger charge is -2.33. The van der Waals surface area contributed by atoms with Gasteiger partial charge < -0.3 is 5.32 Å². The Bertz CT molecular complexity index is 438. The van der Waals surface area contributed by atoms with E-state index in [0.717, 1.165) is 51.3 Å². The summed E-state index contributed by atoms with van der Waals surface area (Å²) in [5, 5.41) is 3.42. The Kier molecular flexibility index (Phi) is 6.12. The fraction of sp³-hybridized carbons (Fsp3) is 0.765. The Hall–Kier alpha value is -1.00. The SMILES string of the molecule is CCCc1cc(C(C)C)nc(C(CC)N2CCNCC2)n1. The van der Waals surface area contributed by atoms with Crippen LogP contribution in [0.2, 0.25) is 0 Å². The second-order valence-corrected chi connectivity index (χ2v) is 6.26. The third-order valence-corrected chi connectivity index (χ3v) is 4.19. The van der Waals surface area contributed by atoms with E-state index in [4.69, 9.17) is 9.97 Å². The van der Waals surface area contributed by atoms with E-state index in [2.05, 4.69) is 44.0 Å². The maximum atomic E-state index is 4.89. The maximum absolute atomic E-state index is 4.89. The zero-order valence-corrected chi connectivity index (χ0v) is 14.0. The molecule has 0 saturated carbocycles. The van der Waals surface area contributed by atoms with Gasteiger partial charge in [0.25, 0.3) is 0 Å². The number of hydrogen-bond donors (Lipinski definition) is 1. The summed E-state index contributed by atoms with van der Waals surface area (Å²) in [6.45, 7) is 13.2. The molecule has 4 heteroatoms. The standard InChI is InChI=1S/C17H30N4/c1-5-7-14-12-15(13(3)4)20-17(19-14)16(6-2)21-10-8-18-9-11-21/h12-13,16,18H,5-11H2,1-4H3. The number of piperazine rings is 1. The second kappa shape index (κ2) is 7.85. The summed E-state index contributed by atoms with van der Waals surface area (Å²) in [4.78, 5) is 12.3. The highest BCUT2D eigenvalue weighted by molar-refractivity contribution is 5.16. The number of aryl methyl sites for hydroxylation is 1. The zero-order chi connectivity index (χ0) is 15.2. The largest absolute Gasteiger partial charge is 0.314 e. The zero-order valence-electron chi connectivity index (χ0n) is 14.0. The molecule has 1 N–H and O–H groups in total. The van der Waals surface area contributed by atoms with Crippen LogP contribution in [0.15, 0.2) is 6.07 Å². The molecule has 21 heavy (non-hydrogen) atoms. The molecule has 0 bridgehead atoms. The van der Waals surface area contributed by atoms with Gasteiger partial charge in [0.2, 0.25) is 0 Å². The van der Waals surface area contributed by atoms with Gasteiger partial charge in [-0.1, -0.05) is 34.1 Å². The van der Waals surface area contributed by atoms with Crippen LogP contribution in [0.4, 0.5) is 0 Å². The van der Waals surface area contributed by atoms with Crippen molar-refractivity contribution in [2.75, 3.05) is 26.2 Å². The molecule has 0 aromatic carbocycles. The van der Waals surface area contributed by atoms with E-state index in [9.17, 15) is 0 Å². The van der Waals surface area contributed by atoms with Crippen LogP contribution in [0.1, 0.15) is 69.7 Å². The normalized spacial score (nSPS) is 18.1. The first kappa shape index (κ1) is 16.4. The first-order valence-electron chi connectivity index (χ1n) is 8.48. The van der Waals surface area contributed by atoms with Crippen LogP contribution >= 0.6 is 0 Å². The van der Waals surface area contributed by atoms with Gasteiger partial charge in [0, 0.05) is 37.6 Å². The van der Waals surface area contributed by atoms with Crippen molar-refractivity contribution >= 4 is 0 Å². The first-order valence-corrected chi connectivity index (χ1v) is 8.48. The van der Waals surface area contributed by atoms with Crippen molar-refractivity contribution in [3.8, 4) is 0 Å². The fourth-order valence-electron chi connectivity index (χ4n) is 2.97. The summed E-state index contributed by atoms with van der Waals surface area (Å²) in [5.74, 6) is 1.50. The molecule has 0 spiro atoms. The molecule has 1 aliphatic rings. The highest BCUT2D eigenvalue weighted by Gasteiger charge is 2.24. The van der Waals surface area contributed by atoms with Crippen LogP contribution in [0, 0.1) is 0 Å². The maximum Gasteiger partial charge on any atom is 0.145 e. The average Bonchev–Trinajstić information content (AvgIpc) is 2.49. The molecule has 1 aliphatic heterocycles. The number of aromatic nitrogens is 2. The summed E-state index contributed by atoms with van der Waals surface area (Å²) in [5.41, 5.74) is 2.40. The van der Waals surface area contributed by atoms with E-state index in [-0.39, 0.29) is 0 Å². The Labute approximate surface area is 129 Å². The van der Waals surface area contributed by atoms with Gasteiger partial charge in [0.15, 0.2) is 0 Å². The van der Waals surface area contributed by atoms with Crippen molar-refractivity contribution in [1.29, 1.82) is 0 Å². The first-order chi connectivity index (χ1) is 10.2. The van der Waals surface area contributed by atoms with Crippen molar-refractivity contribution in [2.24, 2.45) is 0 Å². The Balaban J connectivity index is 2.29. The predicted molar refractivity (Wildman–Crippen MR) is 87.6 cm³/mol. The molecule has 4 nitrogen and oxygen atoms in total. The van der Waals surface area contributed by atoms with Crippen molar-refractivity contribution in [1.82, 2.24) is 20.2 Å². The number of hydrogen-bond acceptors (Lipinski definition) is 4. The minimum atomic E-state index is 0.362. The molecule has 0 radical (unpaired) electrons. The molecule has 1 unspecified atom stereocenters. The monoisotopic (exact) mass is 290 g/mol. The molecule has 1 saturated heterocycles. The van der Waals surface area contributed by atoms with Crippen LogP contribution in [0.3, 0.4) is 0 Å². The van der Waals surface area contributed by atoms with Crippen LogP contribution in [0.5, 0.6) is 0 Å². The fourth-order valence-corrected chi connectivity index (χ4v) is 2.97. The van der Waals surface area contributed by atoms with Gasteiger partial charge in [-0.3, -0.25) is 4.90 Å². The summed E-state index contributed by atoms with van der Waals surface area (Å²) in [6, 6.07) is 2.56. The molecule has 1 atom stereocenters. The van der Waals surface area contributed by atoms with E-state index >= 15 is 0 Å². The minimum absolute atomic E-state index is 0.362. The van der Waals surface area contributed by atoms with Crippen molar-refractivity contribution in [2.45, 2.75) is 58.9 Å². The van der Waals surface area contributed by atoms with Gasteiger partial charge in [0.1, 0.15) is 5.82 Å². The van der Waals surface area contributed by atoms with E-state index in [1.54, 1.807) is 0 Å². The Morgan fingerprint density at radius 1 is 1.19 bits per heavy atom. The van der Waals surface area contributed by atoms with Crippen molar-refractivity contribution in [3.63, 3.8) is 0 Å². The summed E-state index contributed by atoms with van der Waals surface area (Å²) >= 11 is 0. The van der Waals surface area contributed by atoms with Gasteiger partial charge in [-0.05, 0) is 24.8 Å². The van der Waals surface area contributed by atoms with Crippen molar-refractivity contribution in [3.05, 3.63) is 23.3 Å². The summed E-state index contributed by atoms with van der Waals surface area (Å²) < 4.78 is 0. The Morgan fingerprint density at radius 3 is 2.48 bits per heavy atom. The highest BCUT2D eigenvalue weighted by atomic mass is 15.2. The molecule has 1 aromatic rings. The van der Waals surface area contributed by atoms with Gasteiger partial charge in [-0.2, -0.15) is 0 Å². The van der Waals surface area contributed by atoms with E-state index < -0.39 is 0 Å².